The second-order valence-corrected chi connectivity index (χ2v) is 7.54. The maximum Gasteiger partial charge on any atom is 0.329 e. The summed E-state index contributed by atoms with van der Waals surface area (Å²) in [6, 6.07) is 25.8. The number of hydrogen-bond donors (Lipinski definition) is 0. The van der Waals surface area contributed by atoms with Crippen molar-refractivity contribution in [2.75, 3.05) is 0 Å². The first-order valence-corrected chi connectivity index (χ1v) is 9.86. The highest BCUT2D eigenvalue weighted by molar-refractivity contribution is 7.21. The molecule has 0 saturated heterocycles. The second kappa shape index (κ2) is 6.35. The molecule has 5 aromatic rings. The molecule has 6 nitrogen and oxygen atoms in total. The van der Waals surface area contributed by atoms with Gasteiger partial charge in [-0.3, -0.25) is 0 Å². The summed E-state index contributed by atoms with van der Waals surface area (Å²) >= 11 is 1.70. The minimum atomic E-state index is 0.763. The average molecular weight is 402 g/mol. The van der Waals surface area contributed by atoms with Gasteiger partial charge in [-0.05, 0) is 46.4 Å². The van der Waals surface area contributed by atoms with Gasteiger partial charge in [-0.15, -0.1) is 0 Å². The Morgan fingerprint density at radius 2 is 1.48 bits per heavy atom. The molecule has 0 radical (unpaired) electrons. The third-order valence-electron chi connectivity index (χ3n) is 4.75. The van der Waals surface area contributed by atoms with Crippen LogP contribution in [0.3, 0.4) is 0 Å². The Labute approximate surface area is 169 Å². The Hall–Kier alpha value is -3.84. The fraction of sp³-hybridized carbons (Fsp3) is 0. The lowest BCUT2D eigenvalue weighted by molar-refractivity contribution is -0.921. The first-order valence-electron chi connectivity index (χ1n) is 9.05. The molecule has 0 N–H and O–H groups in total. The molecular formula is C22H14N2O4S+2. The van der Waals surface area contributed by atoms with Gasteiger partial charge >= 0.3 is 10.5 Å². The molecule has 140 valence electrons. The zero-order valence-electron chi connectivity index (χ0n) is 15.0. The van der Waals surface area contributed by atoms with Crippen LogP contribution in [0.25, 0.3) is 31.7 Å². The summed E-state index contributed by atoms with van der Waals surface area (Å²) in [5.41, 5.74) is 3.09. The number of rotatable bonds is 0. The maximum atomic E-state index is 5.33. The van der Waals surface area contributed by atoms with E-state index in [-0.39, 0.29) is 0 Å². The number of pyridine rings is 1. The third kappa shape index (κ3) is 2.55. The SMILES string of the molecule is c1cc2c3c(c1)ccc[n+]3OO2.c1ccc2c(c1)OO[n+]1c-2sc2ccccc21. The number of benzene rings is 3. The zero-order chi connectivity index (χ0) is 19.2. The lowest BCUT2D eigenvalue weighted by Gasteiger charge is -2.07. The molecular weight excluding hydrogens is 388 g/mol. The van der Waals surface area contributed by atoms with Gasteiger partial charge < -0.3 is 0 Å². The van der Waals surface area contributed by atoms with E-state index >= 15 is 0 Å². The fourth-order valence-corrected chi connectivity index (χ4v) is 4.52. The maximum absolute atomic E-state index is 5.33. The molecule has 2 aliphatic heterocycles. The highest BCUT2D eigenvalue weighted by atomic mass is 32.1. The Bertz CT molecular complexity index is 1340. The van der Waals surface area contributed by atoms with Crippen LogP contribution < -0.4 is 29.2 Å². The van der Waals surface area contributed by atoms with E-state index < -0.39 is 0 Å². The van der Waals surface area contributed by atoms with Gasteiger partial charge in [0.2, 0.25) is 6.20 Å². The molecule has 0 spiro atoms. The normalized spacial score (nSPS) is 12.6. The second-order valence-electron chi connectivity index (χ2n) is 6.51. The molecule has 7 heteroatoms. The summed E-state index contributed by atoms with van der Waals surface area (Å²) in [5, 5.41) is 2.18. The lowest BCUT2D eigenvalue weighted by atomic mass is 10.2. The molecule has 29 heavy (non-hydrogen) atoms. The van der Waals surface area contributed by atoms with Crippen LogP contribution in [0.5, 0.6) is 11.5 Å². The predicted molar refractivity (Wildman–Crippen MR) is 106 cm³/mol. The molecule has 0 atom stereocenters. The van der Waals surface area contributed by atoms with Crippen LogP contribution in [0.4, 0.5) is 0 Å². The van der Waals surface area contributed by atoms with Crippen molar-refractivity contribution in [3.05, 3.63) is 85.1 Å². The monoisotopic (exact) mass is 402 g/mol. The minimum Gasteiger partial charge on any atom is -0.234 e. The van der Waals surface area contributed by atoms with Gasteiger partial charge in [-0.25, -0.2) is 9.78 Å². The standard InChI is InChI=1S/C13H8NO2S.C9H6NO2/c1-3-7-11-9(5-1)13-14(16-15-11)10-6-2-4-8-12(10)17-13;1-3-7-4-2-6-10-9(7)8(5-1)11-12-10/h1-8H;1-6H/q2*+1. The molecule has 3 aromatic carbocycles. The Morgan fingerprint density at radius 1 is 0.690 bits per heavy atom. The van der Waals surface area contributed by atoms with Crippen LogP contribution in [0.15, 0.2) is 85.1 Å². The van der Waals surface area contributed by atoms with Crippen LogP contribution in [-0.2, 0) is 0 Å². The zero-order valence-corrected chi connectivity index (χ0v) is 15.8. The molecule has 0 fully saturated rings. The fourth-order valence-electron chi connectivity index (χ4n) is 3.42. The van der Waals surface area contributed by atoms with Gasteiger partial charge in [0.05, 0.1) is 14.8 Å². The topological polar surface area (TPSA) is 44.7 Å². The van der Waals surface area contributed by atoms with Crippen molar-refractivity contribution in [3.63, 3.8) is 0 Å². The highest BCUT2D eigenvalue weighted by Crippen LogP contribution is 2.35. The summed E-state index contributed by atoms with van der Waals surface area (Å²) in [6.45, 7) is 0. The first kappa shape index (κ1) is 16.1. The van der Waals surface area contributed by atoms with Gasteiger partial charge in [0.15, 0.2) is 5.75 Å². The number of nitrogens with zero attached hydrogens (tertiary/aromatic N) is 2. The van der Waals surface area contributed by atoms with Crippen molar-refractivity contribution in [2.24, 2.45) is 0 Å². The number of fused-ring (bicyclic) bond motifs is 5. The van der Waals surface area contributed by atoms with Gasteiger partial charge in [0, 0.05) is 12.1 Å². The van der Waals surface area contributed by atoms with Crippen molar-refractivity contribution >= 4 is 32.5 Å². The average Bonchev–Trinajstić information content (AvgIpc) is 3.38. The first-order chi connectivity index (χ1) is 14.4. The molecule has 0 unspecified atom stereocenters. The summed E-state index contributed by atoms with van der Waals surface area (Å²) in [7, 11) is 0. The molecule has 0 bridgehead atoms. The van der Waals surface area contributed by atoms with E-state index in [2.05, 4.69) is 6.07 Å². The van der Waals surface area contributed by atoms with Crippen molar-refractivity contribution in [1.29, 1.82) is 0 Å². The molecule has 0 amide bonds. The van der Waals surface area contributed by atoms with E-state index in [0.29, 0.717) is 0 Å². The summed E-state index contributed by atoms with van der Waals surface area (Å²) in [4.78, 5) is 20.5. The van der Waals surface area contributed by atoms with Gasteiger partial charge in [0.25, 0.3) is 11.3 Å². The van der Waals surface area contributed by atoms with Gasteiger partial charge in [-0.1, -0.05) is 41.7 Å². The van der Waals surface area contributed by atoms with E-state index in [1.807, 2.05) is 79.0 Å². The van der Waals surface area contributed by atoms with Crippen LogP contribution in [-0.4, -0.2) is 0 Å². The minimum absolute atomic E-state index is 0.763. The van der Waals surface area contributed by atoms with E-state index in [4.69, 9.17) is 19.8 Å². The molecule has 0 saturated carbocycles. The molecule has 2 aromatic heterocycles. The van der Waals surface area contributed by atoms with Crippen molar-refractivity contribution in [3.8, 4) is 22.1 Å². The Morgan fingerprint density at radius 3 is 2.48 bits per heavy atom. The van der Waals surface area contributed by atoms with Crippen LogP contribution >= 0.6 is 11.3 Å². The third-order valence-corrected chi connectivity index (χ3v) is 5.89. The Balaban J connectivity index is 0.000000121. The van der Waals surface area contributed by atoms with E-state index in [0.717, 1.165) is 38.5 Å². The highest BCUT2D eigenvalue weighted by Gasteiger charge is 2.32. The van der Waals surface area contributed by atoms with Crippen LogP contribution in [0.1, 0.15) is 0 Å². The molecule has 2 aliphatic rings. The molecule has 4 heterocycles. The van der Waals surface area contributed by atoms with E-state index in [9.17, 15) is 0 Å². The number of para-hydroxylation sites is 3. The van der Waals surface area contributed by atoms with Gasteiger partial charge in [-0.2, -0.15) is 0 Å². The summed E-state index contributed by atoms with van der Waals surface area (Å²) in [5.74, 6) is 1.53. The molecule has 7 rings (SSSR count). The van der Waals surface area contributed by atoms with E-state index in [1.165, 1.54) is 4.70 Å². The quantitative estimate of drug-likeness (QED) is 0.294. The van der Waals surface area contributed by atoms with Crippen molar-refractivity contribution in [2.45, 2.75) is 0 Å². The Kier molecular flexibility index (Phi) is 3.54. The summed E-state index contributed by atoms with van der Waals surface area (Å²) < 4.78 is 4.54. The van der Waals surface area contributed by atoms with E-state index in [1.54, 1.807) is 20.8 Å². The van der Waals surface area contributed by atoms with Crippen LogP contribution in [0.2, 0.25) is 0 Å². The predicted octanol–water partition coefficient (Wildman–Crippen LogP) is 3.46. The van der Waals surface area contributed by atoms with Crippen molar-refractivity contribution in [1.82, 2.24) is 0 Å². The number of aromatic nitrogens is 2. The number of thiazole rings is 1. The smallest absolute Gasteiger partial charge is 0.234 e. The molecule has 0 aliphatic carbocycles. The van der Waals surface area contributed by atoms with Crippen molar-refractivity contribution < 1.29 is 29.2 Å². The lowest BCUT2D eigenvalue weighted by Crippen LogP contribution is -2.47. The van der Waals surface area contributed by atoms with Crippen LogP contribution in [0, 0.1) is 0 Å². The number of hydrogen-bond acceptors (Lipinski definition) is 5. The summed E-state index contributed by atoms with van der Waals surface area (Å²) in [6.07, 6.45) is 1.82. The largest absolute Gasteiger partial charge is 0.329 e. The van der Waals surface area contributed by atoms with Gasteiger partial charge in [0.1, 0.15) is 10.3 Å².